The molecule has 2 aliphatic rings. The molecule has 8 nitrogen and oxygen atoms in total. The van der Waals surface area contributed by atoms with Crippen molar-refractivity contribution in [2.45, 2.75) is 51.2 Å². The minimum Gasteiger partial charge on any atom is -0.314 e. The molecule has 160 valence electrons. The number of nitrogens with one attached hydrogen (secondary N) is 1. The summed E-state index contributed by atoms with van der Waals surface area (Å²) in [6.07, 6.45) is 8.51. The molecule has 0 spiro atoms. The quantitative estimate of drug-likeness (QED) is 0.695. The van der Waals surface area contributed by atoms with Crippen LogP contribution < -0.4 is 5.32 Å². The zero-order chi connectivity index (χ0) is 21.6. The summed E-state index contributed by atoms with van der Waals surface area (Å²) in [5.74, 6) is 0.493. The average molecular weight is 421 g/mol. The van der Waals surface area contributed by atoms with Crippen LogP contribution in [0.3, 0.4) is 0 Å². The van der Waals surface area contributed by atoms with E-state index >= 15 is 0 Å². The van der Waals surface area contributed by atoms with E-state index in [0.717, 1.165) is 42.8 Å². The van der Waals surface area contributed by atoms with Crippen LogP contribution in [0.15, 0.2) is 43.0 Å². The first-order chi connectivity index (χ1) is 14.9. The van der Waals surface area contributed by atoms with Gasteiger partial charge in [0.05, 0.1) is 36.9 Å². The van der Waals surface area contributed by atoms with Gasteiger partial charge in [-0.05, 0) is 49.8 Å². The monoisotopic (exact) mass is 421 g/mol. The molecule has 1 aromatic carbocycles. The molecule has 0 radical (unpaired) electrons. The van der Waals surface area contributed by atoms with E-state index in [9.17, 15) is 9.18 Å². The van der Waals surface area contributed by atoms with Crippen LogP contribution in [0.2, 0.25) is 0 Å². The number of aryl methyl sites for hydroxylation is 1. The maximum atomic E-state index is 13.3. The molecule has 0 saturated carbocycles. The lowest BCUT2D eigenvalue weighted by Crippen LogP contribution is -2.73. The molecular formula is C22H24FN7O. The molecule has 1 N–H and O–H groups in total. The van der Waals surface area contributed by atoms with Crippen molar-refractivity contribution in [3.8, 4) is 11.4 Å². The number of amides is 2. The van der Waals surface area contributed by atoms with Crippen LogP contribution in [0.1, 0.15) is 31.7 Å². The summed E-state index contributed by atoms with van der Waals surface area (Å²) >= 11 is 0. The van der Waals surface area contributed by atoms with E-state index < -0.39 is 5.82 Å². The number of aromatic nitrogens is 5. The highest BCUT2D eigenvalue weighted by Crippen LogP contribution is 2.50. The van der Waals surface area contributed by atoms with E-state index in [4.69, 9.17) is 0 Å². The Morgan fingerprint density at radius 1 is 1.23 bits per heavy atom. The van der Waals surface area contributed by atoms with E-state index in [1.165, 1.54) is 0 Å². The van der Waals surface area contributed by atoms with Crippen molar-refractivity contribution in [1.82, 2.24) is 29.9 Å². The van der Waals surface area contributed by atoms with Gasteiger partial charge in [0.1, 0.15) is 0 Å². The Morgan fingerprint density at radius 3 is 2.71 bits per heavy atom. The van der Waals surface area contributed by atoms with Crippen LogP contribution in [0.4, 0.5) is 14.9 Å². The Kier molecular flexibility index (Phi) is 4.68. The number of urea groups is 1. The SMILES string of the molecule is Cc1ccc(NC(=O)N2C3C[C@@H](C)CC2(Cn2nccn2)C3)cc1-c1ncc(F)cn1. The zero-order valence-electron chi connectivity index (χ0n) is 17.5. The van der Waals surface area contributed by atoms with Gasteiger partial charge in [-0.1, -0.05) is 13.0 Å². The molecule has 0 aliphatic carbocycles. The molecule has 2 saturated heterocycles. The predicted molar refractivity (Wildman–Crippen MR) is 113 cm³/mol. The second-order valence-electron chi connectivity index (χ2n) is 8.74. The molecular weight excluding hydrogens is 397 g/mol. The van der Waals surface area contributed by atoms with Gasteiger partial charge in [-0.25, -0.2) is 19.2 Å². The third-order valence-electron chi connectivity index (χ3n) is 6.37. The van der Waals surface area contributed by atoms with E-state index in [-0.39, 0.29) is 17.6 Å². The van der Waals surface area contributed by atoms with E-state index in [2.05, 4.69) is 32.4 Å². The van der Waals surface area contributed by atoms with Crippen molar-refractivity contribution in [3.05, 3.63) is 54.4 Å². The topological polar surface area (TPSA) is 88.8 Å². The summed E-state index contributed by atoms with van der Waals surface area (Å²) in [7, 11) is 0. The molecule has 2 amide bonds. The third-order valence-corrected chi connectivity index (χ3v) is 6.37. The molecule has 3 atom stereocenters. The van der Waals surface area contributed by atoms with Crippen molar-refractivity contribution in [1.29, 1.82) is 0 Å². The number of rotatable bonds is 4. The molecule has 4 heterocycles. The second kappa shape index (κ2) is 7.40. The molecule has 2 unspecified atom stereocenters. The second-order valence-corrected chi connectivity index (χ2v) is 8.74. The standard InChI is InChI=1S/C22H24FN7O/c1-14-7-18-10-22(9-14,13-29-26-5-6-27-29)30(18)21(31)28-17-4-3-15(2)19(8-17)20-24-11-16(23)12-25-20/h3-6,8,11-12,14,18H,7,9-10,13H2,1-2H3,(H,28,31)/t14-,18?,22?/m1/s1. The Bertz CT molecular complexity index is 1100. The van der Waals surface area contributed by atoms with Gasteiger partial charge in [0.25, 0.3) is 0 Å². The summed E-state index contributed by atoms with van der Waals surface area (Å²) < 4.78 is 13.2. The Hall–Kier alpha value is -3.36. The lowest BCUT2D eigenvalue weighted by molar-refractivity contribution is -0.102. The fourth-order valence-corrected chi connectivity index (χ4v) is 5.22. The Morgan fingerprint density at radius 2 is 1.97 bits per heavy atom. The van der Waals surface area contributed by atoms with Crippen LogP contribution in [0.5, 0.6) is 0 Å². The van der Waals surface area contributed by atoms with Crippen LogP contribution in [-0.2, 0) is 6.54 Å². The van der Waals surface area contributed by atoms with Gasteiger partial charge in [0.2, 0.25) is 0 Å². The van der Waals surface area contributed by atoms with Crippen LogP contribution in [0.25, 0.3) is 11.4 Å². The van der Waals surface area contributed by atoms with Crippen molar-refractivity contribution >= 4 is 11.7 Å². The number of benzene rings is 1. The number of nitrogens with zero attached hydrogens (tertiary/aromatic N) is 6. The van der Waals surface area contributed by atoms with Gasteiger partial charge in [-0.2, -0.15) is 15.0 Å². The average Bonchev–Trinajstić information content (AvgIpc) is 3.22. The molecule has 2 aromatic heterocycles. The number of carbonyl (C=O) groups excluding carboxylic acids is 1. The predicted octanol–water partition coefficient (Wildman–Crippen LogP) is 3.66. The molecule has 5 rings (SSSR count). The van der Waals surface area contributed by atoms with E-state index in [1.54, 1.807) is 17.2 Å². The highest BCUT2D eigenvalue weighted by atomic mass is 19.1. The summed E-state index contributed by atoms with van der Waals surface area (Å²) in [4.78, 5) is 25.1. The maximum absolute atomic E-state index is 13.3. The van der Waals surface area contributed by atoms with Crippen LogP contribution in [0, 0.1) is 18.7 Å². The number of anilines is 1. The smallest absolute Gasteiger partial charge is 0.314 e. The van der Waals surface area contributed by atoms with Crippen LogP contribution in [-0.4, -0.2) is 47.5 Å². The highest BCUT2D eigenvalue weighted by Gasteiger charge is 2.58. The Labute approximate surface area is 179 Å². The fourth-order valence-electron chi connectivity index (χ4n) is 5.22. The lowest BCUT2D eigenvalue weighted by atomic mass is 9.64. The number of carbonyl (C=O) groups is 1. The zero-order valence-corrected chi connectivity index (χ0v) is 17.5. The maximum Gasteiger partial charge on any atom is 0.322 e. The number of hydrogen-bond acceptors (Lipinski definition) is 5. The molecule has 2 fully saturated rings. The number of halogens is 1. The van der Waals surface area contributed by atoms with E-state index in [0.29, 0.717) is 24.0 Å². The third kappa shape index (κ3) is 3.54. The van der Waals surface area contributed by atoms with Crippen LogP contribution >= 0.6 is 0 Å². The van der Waals surface area contributed by atoms with E-state index in [1.807, 2.05) is 30.0 Å². The van der Waals surface area contributed by atoms with Gasteiger partial charge in [0.15, 0.2) is 11.6 Å². The minimum absolute atomic E-state index is 0.120. The minimum atomic E-state index is -0.485. The van der Waals surface area contributed by atoms with Crippen molar-refractivity contribution in [2.24, 2.45) is 5.92 Å². The lowest BCUT2D eigenvalue weighted by Gasteiger charge is -2.63. The van der Waals surface area contributed by atoms with Gasteiger partial charge in [-0.15, -0.1) is 0 Å². The van der Waals surface area contributed by atoms with Crippen molar-refractivity contribution in [3.63, 3.8) is 0 Å². The van der Waals surface area contributed by atoms with Crippen molar-refractivity contribution < 1.29 is 9.18 Å². The summed E-state index contributed by atoms with van der Waals surface area (Å²) in [5.41, 5.74) is 2.09. The molecule has 2 bridgehead atoms. The normalized spacial score (nSPS) is 24.5. The van der Waals surface area contributed by atoms with Crippen molar-refractivity contribution in [2.75, 3.05) is 5.32 Å². The number of hydrogen-bond donors (Lipinski definition) is 1. The van der Waals surface area contributed by atoms with Gasteiger partial charge >= 0.3 is 6.03 Å². The van der Waals surface area contributed by atoms with Gasteiger partial charge < -0.3 is 10.2 Å². The summed E-state index contributed by atoms with van der Waals surface area (Å²) in [6, 6.07) is 5.70. The molecule has 3 aromatic rings. The van der Waals surface area contributed by atoms with Gasteiger partial charge in [0, 0.05) is 17.3 Å². The summed E-state index contributed by atoms with van der Waals surface area (Å²) in [5, 5.41) is 11.5. The highest BCUT2D eigenvalue weighted by molar-refractivity contribution is 5.91. The number of piperidine rings is 1. The molecule has 31 heavy (non-hydrogen) atoms. The fraction of sp³-hybridized carbons (Fsp3) is 0.409. The first-order valence-electron chi connectivity index (χ1n) is 10.5. The van der Waals surface area contributed by atoms with Gasteiger partial charge in [-0.3, -0.25) is 0 Å². The molecule has 2 aliphatic heterocycles. The Balaban J connectivity index is 1.38. The number of fused-ring (bicyclic) bond motifs is 2. The first-order valence-corrected chi connectivity index (χ1v) is 10.5. The first kappa shape index (κ1) is 19.6. The summed E-state index contributed by atoms with van der Waals surface area (Å²) in [6.45, 7) is 4.76. The largest absolute Gasteiger partial charge is 0.322 e. The molecule has 9 heteroatoms.